The highest BCUT2D eigenvalue weighted by Gasteiger charge is 2.18. The van der Waals surface area contributed by atoms with E-state index in [1.165, 1.54) is 4.90 Å². The predicted octanol–water partition coefficient (Wildman–Crippen LogP) is 0.739. The van der Waals surface area contributed by atoms with Crippen LogP contribution in [0.25, 0.3) is 0 Å². The number of hydrogen-bond acceptors (Lipinski definition) is 4. The smallest absolute Gasteiger partial charge is 0.323 e. The zero-order valence-corrected chi connectivity index (χ0v) is 12.3. The summed E-state index contributed by atoms with van der Waals surface area (Å²) in [5, 5.41) is 13.0. The highest BCUT2D eigenvalue weighted by atomic mass is 16.5. The molecule has 0 atom stereocenters. The Labute approximate surface area is 118 Å². The SMILES string of the molecule is CCCN(CC(=O)O)C(=O)COc1c(C)nn(C)c1C. The molecule has 0 aliphatic heterocycles. The van der Waals surface area contributed by atoms with E-state index in [9.17, 15) is 9.59 Å². The van der Waals surface area contributed by atoms with E-state index < -0.39 is 5.97 Å². The Balaban J connectivity index is 2.67. The van der Waals surface area contributed by atoms with E-state index in [1.807, 2.05) is 13.8 Å². The van der Waals surface area contributed by atoms with Crippen LogP contribution in [0.3, 0.4) is 0 Å². The third kappa shape index (κ3) is 3.97. The van der Waals surface area contributed by atoms with Gasteiger partial charge in [-0.25, -0.2) is 0 Å². The Bertz CT molecular complexity index is 496. The second-order valence-corrected chi connectivity index (χ2v) is 4.62. The molecule has 1 heterocycles. The van der Waals surface area contributed by atoms with Crippen molar-refractivity contribution in [3.05, 3.63) is 11.4 Å². The van der Waals surface area contributed by atoms with Crippen LogP contribution < -0.4 is 4.74 Å². The lowest BCUT2D eigenvalue weighted by Crippen LogP contribution is -2.39. The van der Waals surface area contributed by atoms with Crippen molar-refractivity contribution in [1.29, 1.82) is 0 Å². The molecule has 0 fully saturated rings. The minimum Gasteiger partial charge on any atom is -0.480 e. The molecule has 20 heavy (non-hydrogen) atoms. The van der Waals surface area contributed by atoms with E-state index in [-0.39, 0.29) is 19.1 Å². The van der Waals surface area contributed by atoms with Gasteiger partial charge in [-0.3, -0.25) is 14.3 Å². The van der Waals surface area contributed by atoms with Crippen LogP contribution in [0.4, 0.5) is 0 Å². The van der Waals surface area contributed by atoms with Crippen LogP contribution in [0.2, 0.25) is 0 Å². The van der Waals surface area contributed by atoms with Gasteiger partial charge >= 0.3 is 5.97 Å². The Morgan fingerprint density at radius 3 is 2.50 bits per heavy atom. The van der Waals surface area contributed by atoms with Crippen molar-refractivity contribution >= 4 is 11.9 Å². The van der Waals surface area contributed by atoms with Gasteiger partial charge in [0.05, 0.1) is 5.69 Å². The first-order valence-electron chi connectivity index (χ1n) is 6.49. The summed E-state index contributed by atoms with van der Waals surface area (Å²) >= 11 is 0. The van der Waals surface area contributed by atoms with Crippen molar-refractivity contribution in [3.63, 3.8) is 0 Å². The van der Waals surface area contributed by atoms with Gasteiger partial charge in [-0.2, -0.15) is 5.10 Å². The number of hydrogen-bond donors (Lipinski definition) is 1. The third-order valence-electron chi connectivity index (χ3n) is 2.95. The molecule has 0 spiro atoms. The number of aryl methyl sites for hydroxylation is 2. The Hall–Kier alpha value is -2.05. The number of ether oxygens (including phenoxy) is 1. The van der Waals surface area contributed by atoms with Gasteiger partial charge in [0.1, 0.15) is 12.2 Å². The Morgan fingerprint density at radius 1 is 1.40 bits per heavy atom. The maximum Gasteiger partial charge on any atom is 0.323 e. The van der Waals surface area contributed by atoms with Crippen LogP contribution in [0.15, 0.2) is 0 Å². The second kappa shape index (κ2) is 6.93. The van der Waals surface area contributed by atoms with Crippen molar-refractivity contribution in [2.75, 3.05) is 19.7 Å². The van der Waals surface area contributed by atoms with Gasteiger partial charge in [-0.15, -0.1) is 0 Å². The van der Waals surface area contributed by atoms with Gasteiger partial charge in [0, 0.05) is 13.6 Å². The molecule has 0 radical (unpaired) electrons. The quantitative estimate of drug-likeness (QED) is 0.797. The Morgan fingerprint density at radius 2 is 2.05 bits per heavy atom. The average Bonchev–Trinajstić information content (AvgIpc) is 2.60. The molecule has 1 N–H and O–H groups in total. The summed E-state index contributed by atoms with van der Waals surface area (Å²) in [6.07, 6.45) is 0.698. The number of nitrogens with zero attached hydrogens (tertiary/aromatic N) is 3. The monoisotopic (exact) mass is 283 g/mol. The normalized spacial score (nSPS) is 10.4. The van der Waals surface area contributed by atoms with E-state index >= 15 is 0 Å². The zero-order valence-electron chi connectivity index (χ0n) is 12.3. The van der Waals surface area contributed by atoms with Crippen LogP contribution in [0.5, 0.6) is 5.75 Å². The topological polar surface area (TPSA) is 84.7 Å². The first-order valence-corrected chi connectivity index (χ1v) is 6.49. The number of rotatable bonds is 7. The lowest BCUT2D eigenvalue weighted by molar-refractivity contribution is -0.145. The summed E-state index contributed by atoms with van der Waals surface area (Å²) in [5.74, 6) is -0.787. The summed E-state index contributed by atoms with van der Waals surface area (Å²) in [6.45, 7) is 5.45. The number of carboxylic acids is 1. The van der Waals surface area contributed by atoms with Gasteiger partial charge in [0.25, 0.3) is 5.91 Å². The largest absolute Gasteiger partial charge is 0.480 e. The first kappa shape index (κ1) is 16.0. The summed E-state index contributed by atoms with van der Waals surface area (Å²) < 4.78 is 7.17. The van der Waals surface area contributed by atoms with Crippen molar-refractivity contribution in [1.82, 2.24) is 14.7 Å². The highest BCUT2D eigenvalue weighted by molar-refractivity contribution is 5.82. The number of aromatic nitrogens is 2. The molecule has 0 aromatic carbocycles. The molecule has 0 aliphatic carbocycles. The standard InChI is InChI=1S/C13H21N3O4/c1-5-6-16(7-12(18)19)11(17)8-20-13-9(2)14-15(4)10(13)3/h5-8H2,1-4H3,(H,18,19). The number of aliphatic carboxylic acids is 1. The van der Waals surface area contributed by atoms with Crippen molar-refractivity contribution < 1.29 is 19.4 Å². The van der Waals surface area contributed by atoms with Gasteiger partial charge in [0.2, 0.25) is 0 Å². The molecule has 0 aliphatic rings. The fourth-order valence-electron chi connectivity index (χ4n) is 1.91. The fourth-order valence-corrected chi connectivity index (χ4v) is 1.91. The molecule has 1 aromatic rings. The molecule has 1 rings (SSSR count). The number of carbonyl (C=O) groups is 2. The summed E-state index contributed by atoms with van der Waals surface area (Å²) in [4.78, 5) is 24.0. The molecule has 1 amide bonds. The molecular weight excluding hydrogens is 262 g/mol. The lowest BCUT2D eigenvalue weighted by atomic mass is 10.3. The summed E-state index contributed by atoms with van der Waals surface area (Å²) in [6, 6.07) is 0. The van der Waals surface area contributed by atoms with Crippen LogP contribution in [-0.4, -0.2) is 51.4 Å². The number of carboxylic acid groups (broad SMARTS) is 1. The van der Waals surface area contributed by atoms with Crippen LogP contribution in [-0.2, 0) is 16.6 Å². The minimum atomic E-state index is -1.03. The minimum absolute atomic E-state index is 0.180. The van der Waals surface area contributed by atoms with Gasteiger partial charge in [0.15, 0.2) is 12.4 Å². The summed E-state index contributed by atoms with van der Waals surface area (Å²) in [7, 11) is 1.80. The van der Waals surface area contributed by atoms with Gasteiger partial charge < -0.3 is 14.7 Å². The van der Waals surface area contributed by atoms with E-state index in [1.54, 1.807) is 18.7 Å². The summed E-state index contributed by atoms with van der Waals surface area (Å²) in [5.41, 5.74) is 1.54. The average molecular weight is 283 g/mol. The molecule has 7 nitrogen and oxygen atoms in total. The molecule has 0 saturated carbocycles. The fraction of sp³-hybridized carbons (Fsp3) is 0.615. The van der Waals surface area contributed by atoms with E-state index in [4.69, 9.17) is 9.84 Å². The van der Waals surface area contributed by atoms with Crippen molar-refractivity contribution in [2.24, 2.45) is 7.05 Å². The second-order valence-electron chi connectivity index (χ2n) is 4.62. The molecule has 0 unspecified atom stereocenters. The molecule has 0 bridgehead atoms. The maximum absolute atomic E-state index is 12.0. The van der Waals surface area contributed by atoms with Crippen LogP contribution in [0, 0.1) is 13.8 Å². The van der Waals surface area contributed by atoms with Crippen LogP contribution >= 0.6 is 0 Å². The third-order valence-corrected chi connectivity index (χ3v) is 2.95. The first-order chi connectivity index (χ1) is 9.36. The van der Waals surface area contributed by atoms with Gasteiger partial charge in [-0.05, 0) is 20.3 Å². The Kier molecular flexibility index (Phi) is 5.54. The van der Waals surface area contributed by atoms with E-state index in [0.29, 0.717) is 24.4 Å². The molecule has 7 heteroatoms. The molecule has 112 valence electrons. The van der Waals surface area contributed by atoms with E-state index in [0.717, 1.165) is 5.69 Å². The van der Waals surface area contributed by atoms with E-state index in [2.05, 4.69) is 5.10 Å². The van der Waals surface area contributed by atoms with Crippen molar-refractivity contribution in [2.45, 2.75) is 27.2 Å². The highest BCUT2D eigenvalue weighted by Crippen LogP contribution is 2.21. The maximum atomic E-state index is 12.0. The lowest BCUT2D eigenvalue weighted by Gasteiger charge is -2.20. The van der Waals surface area contributed by atoms with Gasteiger partial charge in [-0.1, -0.05) is 6.92 Å². The molecule has 1 aromatic heterocycles. The molecular formula is C13H21N3O4. The number of carbonyl (C=O) groups excluding carboxylic acids is 1. The number of amides is 1. The van der Waals surface area contributed by atoms with Crippen LogP contribution in [0.1, 0.15) is 24.7 Å². The van der Waals surface area contributed by atoms with Crippen molar-refractivity contribution in [3.8, 4) is 5.75 Å². The predicted molar refractivity (Wildman–Crippen MR) is 72.7 cm³/mol. The molecule has 0 saturated heterocycles. The zero-order chi connectivity index (χ0) is 15.3.